The fraction of sp³-hybridized carbons (Fsp3) is 0.364. The molecule has 1 unspecified atom stereocenters. The van der Waals surface area contributed by atoms with Gasteiger partial charge in [0.2, 0.25) is 0 Å². The number of rotatable bonds is 4. The largest absolute Gasteiger partial charge is 0.488 e. The van der Waals surface area contributed by atoms with Crippen LogP contribution < -0.4 is 4.74 Å². The molecule has 0 saturated carbocycles. The van der Waals surface area contributed by atoms with Crippen molar-refractivity contribution in [3.63, 3.8) is 0 Å². The van der Waals surface area contributed by atoms with Crippen LogP contribution in [0.25, 0.3) is 0 Å². The fourth-order valence-corrected chi connectivity index (χ4v) is 1.57. The topological polar surface area (TPSA) is 33.0 Å². The summed E-state index contributed by atoms with van der Waals surface area (Å²) in [7, 11) is 0. The molecule has 0 fully saturated rings. The molecule has 0 bridgehead atoms. The van der Waals surface area contributed by atoms with Gasteiger partial charge in [-0.1, -0.05) is 6.92 Å². The van der Waals surface area contributed by atoms with Crippen molar-refractivity contribution < 1.29 is 9.13 Å². The molecule has 0 N–H and O–H groups in total. The Morgan fingerprint density at radius 3 is 2.87 bits per heavy atom. The molecule has 0 aliphatic heterocycles. The summed E-state index contributed by atoms with van der Waals surface area (Å²) < 4.78 is 18.9. The minimum absolute atomic E-state index is 0.142. The first-order chi connectivity index (χ1) is 7.17. The van der Waals surface area contributed by atoms with Crippen LogP contribution >= 0.6 is 15.9 Å². The molecule has 0 amide bonds. The Balaban J connectivity index is 2.75. The van der Waals surface area contributed by atoms with Crippen LogP contribution in [0, 0.1) is 17.1 Å². The SMILES string of the molecule is CCC(CC#N)Oc1ccc(F)cc1Br. The number of ether oxygens (including phenoxy) is 1. The highest BCUT2D eigenvalue weighted by Crippen LogP contribution is 2.27. The van der Waals surface area contributed by atoms with E-state index in [2.05, 4.69) is 22.0 Å². The van der Waals surface area contributed by atoms with E-state index in [4.69, 9.17) is 10.00 Å². The van der Waals surface area contributed by atoms with Crippen molar-refractivity contribution >= 4 is 15.9 Å². The second kappa shape index (κ2) is 5.72. The van der Waals surface area contributed by atoms with E-state index in [0.717, 1.165) is 6.42 Å². The van der Waals surface area contributed by atoms with E-state index >= 15 is 0 Å². The highest BCUT2D eigenvalue weighted by Gasteiger charge is 2.10. The Kier molecular flexibility index (Phi) is 4.57. The summed E-state index contributed by atoms with van der Waals surface area (Å²) in [6, 6.07) is 6.28. The highest BCUT2D eigenvalue weighted by molar-refractivity contribution is 9.10. The molecule has 2 nitrogen and oxygen atoms in total. The Labute approximate surface area is 96.8 Å². The van der Waals surface area contributed by atoms with Crippen molar-refractivity contribution in [2.75, 3.05) is 0 Å². The first kappa shape index (κ1) is 12.0. The molecule has 0 saturated heterocycles. The summed E-state index contributed by atoms with van der Waals surface area (Å²) in [5.41, 5.74) is 0. The maximum Gasteiger partial charge on any atom is 0.134 e. The van der Waals surface area contributed by atoms with Crippen molar-refractivity contribution in [2.24, 2.45) is 0 Å². The van der Waals surface area contributed by atoms with Gasteiger partial charge in [0.25, 0.3) is 0 Å². The van der Waals surface area contributed by atoms with Gasteiger partial charge < -0.3 is 4.74 Å². The molecule has 0 aliphatic rings. The van der Waals surface area contributed by atoms with Crippen molar-refractivity contribution in [3.8, 4) is 11.8 Å². The molecule has 0 aliphatic carbocycles. The lowest BCUT2D eigenvalue weighted by atomic mass is 10.2. The number of hydrogen-bond acceptors (Lipinski definition) is 2. The third-order valence-electron chi connectivity index (χ3n) is 1.96. The molecule has 4 heteroatoms. The maximum absolute atomic E-state index is 12.8. The molecule has 1 atom stereocenters. The van der Waals surface area contributed by atoms with Crippen LogP contribution in [0.5, 0.6) is 5.75 Å². The number of nitrogens with zero attached hydrogens (tertiary/aromatic N) is 1. The molecule has 0 radical (unpaired) electrons. The first-order valence-corrected chi connectivity index (χ1v) is 5.45. The van der Waals surface area contributed by atoms with Gasteiger partial charge in [0.05, 0.1) is 17.0 Å². The van der Waals surface area contributed by atoms with Crippen molar-refractivity contribution in [1.82, 2.24) is 0 Å². The molecule has 0 spiro atoms. The number of benzene rings is 1. The summed E-state index contributed by atoms with van der Waals surface area (Å²) in [4.78, 5) is 0. The van der Waals surface area contributed by atoms with Gasteiger partial charge in [-0.25, -0.2) is 4.39 Å². The summed E-state index contributed by atoms with van der Waals surface area (Å²) in [5, 5.41) is 8.56. The summed E-state index contributed by atoms with van der Waals surface area (Å²) >= 11 is 3.21. The smallest absolute Gasteiger partial charge is 0.134 e. The molecular weight excluding hydrogens is 261 g/mol. The Bertz CT molecular complexity index is 375. The van der Waals surface area contributed by atoms with E-state index in [-0.39, 0.29) is 11.9 Å². The normalized spacial score (nSPS) is 11.9. The number of halogens is 2. The van der Waals surface area contributed by atoms with Gasteiger partial charge in [-0.05, 0) is 40.5 Å². The lowest BCUT2D eigenvalue weighted by Crippen LogP contribution is -2.14. The van der Waals surface area contributed by atoms with Crippen LogP contribution in [0.4, 0.5) is 4.39 Å². The molecule has 0 heterocycles. The van der Waals surface area contributed by atoms with E-state index < -0.39 is 0 Å². The van der Waals surface area contributed by atoms with Crippen LogP contribution in [-0.4, -0.2) is 6.10 Å². The van der Waals surface area contributed by atoms with E-state index in [9.17, 15) is 4.39 Å². The van der Waals surface area contributed by atoms with Gasteiger partial charge in [-0.3, -0.25) is 0 Å². The van der Waals surface area contributed by atoms with E-state index in [1.807, 2.05) is 6.92 Å². The zero-order chi connectivity index (χ0) is 11.3. The molecule has 80 valence electrons. The second-order valence-electron chi connectivity index (χ2n) is 3.09. The fourth-order valence-electron chi connectivity index (χ4n) is 1.12. The number of hydrogen-bond donors (Lipinski definition) is 0. The van der Waals surface area contributed by atoms with Gasteiger partial charge in [0, 0.05) is 0 Å². The van der Waals surface area contributed by atoms with Crippen molar-refractivity contribution in [3.05, 3.63) is 28.5 Å². The lowest BCUT2D eigenvalue weighted by molar-refractivity contribution is 0.200. The summed E-state index contributed by atoms with van der Waals surface area (Å²) in [6.45, 7) is 1.94. The predicted octanol–water partition coefficient (Wildman–Crippen LogP) is 3.66. The number of nitriles is 1. The lowest BCUT2D eigenvalue weighted by Gasteiger charge is -2.15. The Morgan fingerprint density at radius 2 is 2.33 bits per heavy atom. The summed E-state index contributed by atoms with van der Waals surface area (Å²) in [5.74, 6) is 0.251. The van der Waals surface area contributed by atoms with Crippen LogP contribution in [0.1, 0.15) is 19.8 Å². The average Bonchev–Trinajstić information content (AvgIpc) is 2.21. The Morgan fingerprint density at radius 1 is 1.60 bits per heavy atom. The average molecular weight is 272 g/mol. The van der Waals surface area contributed by atoms with Gasteiger partial charge in [-0.2, -0.15) is 5.26 Å². The van der Waals surface area contributed by atoms with Crippen LogP contribution in [-0.2, 0) is 0 Å². The van der Waals surface area contributed by atoms with E-state index in [0.29, 0.717) is 16.6 Å². The van der Waals surface area contributed by atoms with Crippen LogP contribution in [0.15, 0.2) is 22.7 Å². The van der Waals surface area contributed by atoms with Gasteiger partial charge in [0.1, 0.15) is 17.7 Å². The zero-order valence-corrected chi connectivity index (χ0v) is 9.92. The van der Waals surface area contributed by atoms with Crippen LogP contribution in [0.3, 0.4) is 0 Å². The Hall–Kier alpha value is -1.08. The minimum atomic E-state index is -0.317. The molecule has 15 heavy (non-hydrogen) atoms. The standard InChI is InChI=1S/C11H11BrFNO/c1-2-9(5-6-14)15-11-4-3-8(13)7-10(11)12/h3-4,7,9H,2,5H2,1H3. The zero-order valence-electron chi connectivity index (χ0n) is 8.34. The molecular formula is C11H11BrFNO. The quantitative estimate of drug-likeness (QED) is 0.838. The van der Waals surface area contributed by atoms with Crippen LogP contribution in [0.2, 0.25) is 0 Å². The van der Waals surface area contributed by atoms with Gasteiger partial charge in [0.15, 0.2) is 0 Å². The second-order valence-corrected chi connectivity index (χ2v) is 3.94. The third kappa shape index (κ3) is 3.52. The molecule has 0 aromatic heterocycles. The molecule has 1 aromatic rings. The van der Waals surface area contributed by atoms with Gasteiger partial charge >= 0.3 is 0 Å². The maximum atomic E-state index is 12.8. The molecule has 1 rings (SSSR count). The van der Waals surface area contributed by atoms with E-state index in [1.54, 1.807) is 6.07 Å². The minimum Gasteiger partial charge on any atom is -0.488 e. The first-order valence-electron chi connectivity index (χ1n) is 4.66. The van der Waals surface area contributed by atoms with Crippen molar-refractivity contribution in [1.29, 1.82) is 5.26 Å². The van der Waals surface area contributed by atoms with Crippen molar-refractivity contribution in [2.45, 2.75) is 25.9 Å². The monoisotopic (exact) mass is 271 g/mol. The third-order valence-corrected chi connectivity index (χ3v) is 2.58. The van der Waals surface area contributed by atoms with E-state index in [1.165, 1.54) is 12.1 Å². The van der Waals surface area contributed by atoms with Gasteiger partial charge in [-0.15, -0.1) is 0 Å². The summed E-state index contributed by atoms with van der Waals surface area (Å²) in [6.07, 6.45) is 0.939. The molecule has 1 aromatic carbocycles. The predicted molar refractivity (Wildman–Crippen MR) is 59.0 cm³/mol. The highest BCUT2D eigenvalue weighted by atomic mass is 79.9.